The SMILES string of the molecule is Nc1ccc(S(=O)(=O)[O-])cc1N=Nc1ccccc1.[Na+]. The van der Waals surface area contributed by atoms with Gasteiger partial charge in [-0.2, -0.15) is 5.11 Å². The van der Waals surface area contributed by atoms with Gasteiger partial charge in [-0.15, -0.1) is 5.11 Å². The molecule has 0 bridgehead atoms. The van der Waals surface area contributed by atoms with Crippen molar-refractivity contribution in [3.8, 4) is 0 Å². The van der Waals surface area contributed by atoms with Crippen LogP contribution in [0.3, 0.4) is 0 Å². The second-order valence-electron chi connectivity index (χ2n) is 3.71. The van der Waals surface area contributed by atoms with E-state index in [0.717, 1.165) is 12.1 Å². The van der Waals surface area contributed by atoms with Crippen LogP contribution in [0.25, 0.3) is 0 Å². The molecular formula is C12H10N3NaO3S. The van der Waals surface area contributed by atoms with E-state index in [2.05, 4.69) is 10.2 Å². The summed E-state index contributed by atoms with van der Waals surface area (Å²) >= 11 is 0. The van der Waals surface area contributed by atoms with E-state index in [4.69, 9.17) is 5.73 Å². The molecule has 0 amide bonds. The molecule has 20 heavy (non-hydrogen) atoms. The summed E-state index contributed by atoms with van der Waals surface area (Å²) in [5, 5.41) is 7.76. The van der Waals surface area contributed by atoms with E-state index < -0.39 is 10.1 Å². The molecule has 0 aliphatic carbocycles. The molecule has 98 valence electrons. The van der Waals surface area contributed by atoms with Crippen molar-refractivity contribution in [2.24, 2.45) is 10.2 Å². The first-order chi connectivity index (χ1) is 8.97. The van der Waals surface area contributed by atoms with Crippen LogP contribution >= 0.6 is 0 Å². The van der Waals surface area contributed by atoms with Gasteiger partial charge in [0.15, 0.2) is 0 Å². The van der Waals surface area contributed by atoms with Gasteiger partial charge in [-0.25, -0.2) is 8.42 Å². The molecule has 8 heteroatoms. The molecular weight excluding hydrogens is 289 g/mol. The summed E-state index contributed by atoms with van der Waals surface area (Å²) in [4.78, 5) is -0.385. The number of rotatable bonds is 3. The quantitative estimate of drug-likeness (QED) is 0.360. The Morgan fingerprint density at radius 3 is 2.25 bits per heavy atom. The monoisotopic (exact) mass is 299 g/mol. The fourth-order valence-corrected chi connectivity index (χ4v) is 1.86. The van der Waals surface area contributed by atoms with Crippen molar-refractivity contribution in [2.75, 3.05) is 5.73 Å². The van der Waals surface area contributed by atoms with Crippen LogP contribution in [0.2, 0.25) is 0 Å². The number of nitrogens with two attached hydrogens (primary N) is 1. The van der Waals surface area contributed by atoms with Gasteiger partial charge in [-0.1, -0.05) is 18.2 Å². The van der Waals surface area contributed by atoms with E-state index in [1.165, 1.54) is 6.07 Å². The van der Waals surface area contributed by atoms with Crippen molar-refractivity contribution in [3.05, 3.63) is 48.5 Å². The first-order valence-electron chi connectivity index (χ1n) is 5.29. The Labute approximate surface area is 138 Å². The Morgan fingerprint density at radius 2 is 1.65 bits per heavy atom. The van der Waals surface area contributed by atoms with Crippen LogP contribution in [0, 0.1) is 0 Å². The first-order valence-corrected chi connectivity index (χ1v) is 6.70. The maximum absolute atomic E-state index is 10.9. The summed E-state index contributed by atoms with van der Waals surface area (Å²) in [5.41, 5.74) is 6.62. The van der Waals surface area contributed by atoms with Gasteiger partial charge in [0.05, 0.1) is 16.3 Å². The Kier molecular flexibility index (Phi) is 5.85. The number of nitrogen functional groups attached to an aromatic ring is 1. The average molecular weight is 299 g/mol. The van der Waals surface area contributed by atoms with Crippen LogP contribution in [0.1, 0.15) is 0 Å². The first kappa shape index (κ1) is 16.8. The number of anilines is 1. The van der Waals surface area contributed by atoms with Crippen LogP contribution < -0.4 is 35.3 Å². The van der Waals surface area contributed by atoms with Crippen molar-refractivity contribution in [2.45, 2.75) is 4.90 Å². The van der Waals surface area contributed by atoms with Crippen LogP contribution in [-0.2, 0) is 10.1 Å². The predicted octanol–water partition coefficient (Wildman–Crippen LogP) is -0.408. The molecule has 0 saturated heterocycles. The van der Waals surface area contributed by atoms with Gasteiger partial charge >= 0.3 is 29.6 Å². The van der Waals surface area contributed by atoms with E-state index in [9.17, 15) is 13.0 Å². The van der Waals surface area contributed by atoms with E-state index in [1.807, 2.05) is 6.07 Å². The molecule has 0 aliphatic heterocycles. The third-order valence-corrected chi connectivity index (χ3v) is 3.15. The number of hydrogen-bond donors (Lipinski definition) is 1. The fourth-order valence-electron chi connectivity index (χ4n) is 1.37. The van der Waals surface area contributed by atoms with Crippen molar-refractivity contribution in [3.63, 3.8) is 0 Å². The zero-order valence-corrected chi connectivity index (χ0v) is 13.5. The minimum absolute atomic E-state index is 0. The zero-order chi connectivity index (χ0) is 13.9. The third-order valence-electron chi connectivity index (χ3n) is 2.32. The number of hydrogen-bond acceptors (Lipinski definition) is 6. The molecule has 2 aromatic rings. The van der Waals surface area contributed by atoms with Gasteiger partial charge in [0.2, 0.25) is 0 Å². The maximum atomic E-state index is 10.9. The van der Waals surface area contributed by atoms with E-state index >= 15 is 0 Å². The van der Waals surface area contributed by atoms with Gasteiger partial charge in [-0.05, 0) is 30.3 Å². The van der Waals surface area contributed by atoms with Crippen LogP contribution in [0.5, 0.6) is 0 Å². The molecule has 0 fully saturated rings. The van der Waals surface area contributed by atoms with Crippen LogP contribution in [-0.4, -0.2) is 13.0 Å². The van der Waals surface area contributed by atoms with Crippen molar-refractivity contribution >= 4 is 27.2 Å². The largest absolute Gasteiger partial charge is 1.00 e. The molecule has 2 N–H and O–H groups in total. The number of nitrogens with zero attached hydrogens (tertiary/aromatic N) is 2. The average Bonchev–Trinajstić information content (AvgIpc) is 2.37. The number of benzene rings is 2. The standard InChI is InChI=1S/C12H11N3O3S.Na/c13-11-7-6-10(19(16,17)18)8-12(11)15-14-9-4-2-1-3-5-9;/h1-8H,13H2,(H,16,17,18);/q;+1/p-1. The third kappa shape index (κ3) is 4.39. The summed E-state index contributed by atoms with van der Waals surface area (Å²) in [7, 11) is -4.53. The summed E-state index contributed by atoms with van der Waals surface area (Å²) < 4.78 is 32.7. The smallest absolute Gasteiger partial charge is 0.744 e. The summed E-state index contributed by atoms with van der Waals surface area (Å²) in [6.45, 7) is 0. The molecule has 0 unspecified atom stereocenters. The van der Waals surface area contributed by atoms with Gasteiger partial charge in [-0.3, -0.25) is 0 Å². The van der Waals surface area contributed by atoms with Crippen molar-refractivity contribution in [1.82, 2.24) is 0 Å². The van der Waals surface area contributed by atoms with Gasteiger partial charge < -0.3 is 10.3 Å². The Bertz CT molecular complexity index is 718. The zero-order valence-electron chi connectivity index (χ0n) is 10.7. The summed E-state index contributed by atoms with van der Waals surface area (Å²) in [6, 6.07) is 12.4. The van der Waals surface area contributed by atoms with Gasteiger partial charge in [0.1, 0.15) is 15.8 Å². The maximum Gasteiger partial charge on any atom is 1.00 e. The van der Waals surface area contributed by atoms with Crippen LogP contribution in [0.15, 0.2) is 63.7 Å². The van der Waals surface area contributed by atoms with E-state index in [-0.39, 0.29) is 45.8 Å². The fraction of sp³-hybridized carbons (Fsp3) is 0. The molecule has 2 rings (SSSR count). The van der Waals surface area contributed by atoms with Crippen LogP contribution in [0.4, 0.5) is 17.1 Å². The molecule has 0 aliphatic rings. The topological polar surface area (TPSA) is 108 Å². The van der Waals surface area contributed by atoms with E-state index in [1.54, 1.807) is 24.3 Å². The predicted molar refractivity (Wildman–Crippen MR) is 69.4 cm³/mol. The molecule has 0 atom stereocenters. The molecule has 0 radical (unpaired) electrons. The molecule has 0 aromatic heterocycles. The summed E-state index contributed by atoms with van der Waals surface area (Å²) in [5.74, 6) is 0. The summed E-state index contributed by atoms with van der Waals surface area (Å²) in [6.07, 6.45) is 0. The molecule has 0 heterocycles. The van der Waals surface area contributed by atoms with Crippen molar-refractivity contribution < 1.29 is 42.5 Å². The van der Waals surface area contributed by atoms with Crippen molar-refractivity contribution in [1.29, 1.82) is 0 Å². The normalized spacial score (nSPS) is 11.2. The molecule has 2 aromatic carbocycles. The Hall–Kier alpha value is -1.25. The Morgan fingerprint density at radius 1 is 1.00 bits per heavy atom. The molecule has 0 spiro atoms. The number of azo groups is 1. The van der Waals surface area contributed by atoms with Gasteiger partial charge in [0.25, 0.3) is 0 Å². The van der Waals surface area contributed by atoms with Gasteiger partial charge in [0, 0.05) is 0 Å². The molecule has 6 nitrogen and oxygen atoms in total. The second-order valence-corrected chi connectivity index (χ2v) is 5.09. The molecule has 0 saturated carbocycles. The van der Waals surface area contributed by atoms with E-state index in [0.29, 0.717) is 5.69 Å². The second kappa shape index (κ2) is 6.96. The minimum atomic E-state index is -4.53. The Balaban J connectivity index is 0.00000200. The minimum Gasteiger partial charge on any atom is -0.744 e.